The van der Waals surface area contributed by atoms with E-state index in [1.54, 1.807) is 36.3 Å². The summed E-state index contributed by atoms with van der Waals surface area (Å²) in [5.41, 5.74) is 5.55. The zero-order chi connectivity index (χ0) is 22.8. The van der Waals surface area contributed by atoms with Gasteiger partial charge in [0, 0.05) is 22.3 Å². The Kier molecular flexibility index (Phi) is 5.82. The number of nitrogens with zero attached hydrogens (tertiary/aromatic N) is 1. The SMILES string of the molecule is COc1ccc(C(=O)N(Cc2cc3cc(C)ccc3[nH]c2=O)c2cc(C)ccc2C)cc1. The first-order valence-electron chi connectivity index (χ1n) is 10.5. The summed E-state index contributed by atoms with van der Waals surface area (Å²) in [6, 6.07) is 20.8. The highest BCUT2D eigenvalue weighted by molar-refractivity contribution is 6.06. The number of ether oxygens (including phenoxy) is 1. The molecule has 0 radical (unpaired) electrons. The topological polar surface area (TPSA) is 62.4 Å². The molecule has 1 amide bonds. The molecule has 5 nitrogen and oxygen atoms in total. The number of pyridine rings is 1. The molecule has 5 heteroatoms. The molecule has 0 aliphatic rings. The summed E-state index contributed by atoms with van der Waals surface area (Å²) >= 11 is 0. The predicted octanol–water partition coefficient (Wildman–Crippen LogP) is 5.31. The van der Waals surface area contributed by atoms with Gasteiger partial charge in [0.25, 0.3) is 11.5 Å². The molecule has 0 fully saturated rings. The van der Waals surface area contributed by atoms with Gasteiger partial charge in [0.1, 0.15) is 5.75 Å². The minimum Gasteiger partial charge on any atom is -0.497 e. The van der Waals surface area contributed by atoms with Crippen LogP contribution in [0.4, 0.5) is 5.69 Å². The number of methoxy groups -OCH3 is 1. The highest BCUT2D eigenvalue weighted by Crippen LogP contribution is 2.26. The molecule has 0 bridgehead atoms. The van der Waals surface area contributed by atoms with Crippen LogP contribution < -0.4 is 15.2 Å². The average molecular weight is 427 g/mol. The summed E-state index contributed by atoms with van der Waals surface area (Å²) in [4.78, 5) is 31.1. The molecule has 0 aliphatic heterocycles. The standard InChI is InChI=1S/C27H26N2O3/c1-17-6-12-24-21(13-17)15-22(26(30)28-24)16-29(25-14-18(2)5-7-19(25)3)27(31)20-8-10-23(32-4)11-9-20/h5-15H,16H2,1-4H3,(H,28,30). The van der Waals surface area contributed by atoms with E-state index in [4.69, 9.17) is 4.74 Å². The second-order valence-corrected chi connectivity index (χ2v) is 8.12. The molecule has 1 N–H and O–H groups in total. The van der Waals surface area contributed by atoms with Crippen molar-refractivity contribution < 1.29 is 9.53 Å². The Bertz CT molecular complexity index is 1350. The minimum atomic E-state index is -0.195. The van der Waals surface area contributed by atoms with Gasteiger partial charge in [-0.2, -0.15) is 0 Å². The molecule has 162 valence electrons. The van der Waals surface area contributed by atoms with Crippen LogP contribution in [-0.4, -0.2) is 18.0 Å². The quantitative estimate of drug-likeness (QED) is 0.470. The molecule has 3 aromatic carbocycles. The fraction of sp³-hybridized carbons (Fsp3) is 0.185. The summed E-state index contributed by atoms with van der Waals surface area (Å²) < 4.78 is 5.22. The third kappa shape index (κ3) is 4.28. The van der Waals surface area contributed by atoms with Crippen LogP contribution in [0.5, 0.6) is 5.75 Å². The number of nitrogens with one attached hydrogen (secondary N) is 1. The summed E-state index contributed by atoms with van der Waals surface area (Å²) in [5, 5.41) is 0.942. The third-order valence-electron chi connectivity index (χ3n) is 5.64. The Balaban J connectivity index is 1.81. The molecule has 4 aromatic rings. The van der Waals surface area contributed by atoms with Crippen LogP contribution in [0.15, 0.2) is 71.5 Å². The monoisotopic (exact) mass is 426 g/mol. The molecule has 0 saturated heterocycles. The van der Waals surface area contributed by atoms with Crippen molar-refractivity contribution in [3.05, 3.63) is 105 Å². The molecular weight excluding hydrogens is 400 g/mol. The first-order valence-corrected chi connectivity index (χ1v) is 10.5. The first-order chi connectivity index (χ1) is 15.4. The zero-order valence-corrected chi connectivity index (χ0v) is 18.7. The molecule has 0 aliphatic carbocycles. The number of fused-ring (bicyclic) bond motifs is 1. The molecule has 0 unspecified atom stereocenters. The van der Waals surface area contributed by atoms with Crippen LogP contribution in [0.25, 0.3) is 10.9 Å². The van der Waals surface area contributed by atoms with Crippen LogP contribution in [0.3, 0.4) is 0 Å². The Morgan fingerprint density at radius 3 is 2.31 bits per heavy atom. The highest BCUT2D eigenvalue weighted by atomic mass is 16.5. The summed E-state index contributed by atoms with van der Waals surface area (Å²) in [7, 11) is 1.59. The van der Waals surface area contributed by atoms with E-state index in [-0.39, 0.29) is 18.0 Å². The number of amides is 1. The molecular formula is C27H26N2O3. The van der Waals surface area contributed by atoms with E-state index in [0.717, 1.165) is 33.3 Å². The summed E-state index contributed by atoms with van der Waals surface area (Å²) in [6.07, 6.45) is 0. The number of benzene rings is 3. The number of carbonyl (C=O) groups is 1. The van der Waals surface area contributed by atoms with Crippen molar-refractivity contribution >= 4 is 22.5 Å². The Morgan fingerprint density at radius 2 is 1.59 bits per heavy atom. The number of rotatable bonds is 5. The molecule has 1 aromatic heterocycles. The van der Waals surface area contributed by atoms with Gasteiger partial charge >= 0.3 is 0 Å². The third-order valence-corrected chi connectivity index (χ3v) is 5.64. The van der Waals surface area contributed by atoms with Gasteiger partial charge in [-0.25, -0.2) is 0 Å². The van der Waals surface area contributed by atoms with Gasteiger partial charge in [-0.1, -0.05) is 23.8 Å². The van der Waals surface area contributed by atoms with Gasteiger partial charge in [0.15, 0.2) is 0 Å². The van der Waals surface area contributed by atoms with E-state index in [0.29, 0.717) is 16.9 Å². The summed E-state index contributed by atoms with van der Waals surface area (Å²) in [6.45, 7) is 6.13. The molecule has 0 spiro atoms. The Hall–Kier alpha value is -3.86. The maximum atomic E-state index is 13.6. The lowest BCUT2D eigenvalue weighted by Gasteiger charge is -2.25. The number of aryl methyl sites for hydroxylation is 3. The second-order valence-electron chi connectivity index (χ2n) is 8.12. The maximum Gasteiger partial charge on any atom is 0.258 e. The van der Waals surface area contributed by atoms with Crippen LogP contribution in [0.2, 0.25) is 0 Å². The van der Waals surface area contributed by atoms with Crippen molar-refractivity contribution in [2.45, 2.75) is 27.3 Å². The van der Waals surface area contributed by atoms with Gasteiger partial charge in [-0.3, -0.25) is 9.59 Å². The van der Waals surface area contributed by atoms with Crippen molar-refractivity contribution in [1.82, 2.24) is 4.98 Å². The van der Waals surface area contributed by atoms with Crippen LogP contribution in [0, 0.1) is 20.8 Å². The first kappa shape index (κ1) is 21.4. The van der Waals surface area contributed by atoms with Gasteiger partial charge in [-0.05, 0) is 85.8 Å². The van der Waals surface area contributed by atoms with E-state index < -0.39 is 0 Å². The summed E-state index contributed by atoms with van der Waals surface area (Å²) in [5.74, 6) is 0.506. The number of hydrogen-bond acceptors (Lipinski definition) is 3. The van der Waals surface area contributed by atoms with E-state index >= 15 is 0 Å². The Labute approximate surface area is 187 Å². The van der Waals surface area contributed by atoms with Crippen molar-refractivity contribution in [2.24, 2.45) is 0 Å². The lowest BCUT2D eigenvalue weighted by atomic mass is 10.1. The van der Waals surface area contributed by atoms with E-state index in [1.807, 2.05) is 63.2 Å². The fourth-order valence-electron chi connectivity index (χ4n) is 3.83. The maximum absolute atomic E-state index is 13.6. The Morgan fingerprint density at radius 1 is 0.906 bits per heavy atom. The lowest BCUT2D eigenvalue weighted by molar-refractivity contribution is 0.0985. The van der Waals surface area contributed by atoms with Crippen LogP contribution in [-0.2, 0) is 6.54 Å². The molecule has 0 atom stereocenters. The molecule has 1 heterocycles. The molecule has 32 heavy (non-hydrogen) atoms. The number of anilines is 1. The molecule has 4 rings (SSSR count). The number of aromatic nitrogens is 1. The van der Waals surface area contributed by atoms with Crippen LogP contribution >= 0.6 is 0 Å². The smallest absolute Gasteiger partial charge is 0.258 e. The normalized spacial score (nSPS) is 10.9. The minimum absolute atomic E-state index is 0.161. The number of carbonyl (C=O) groups excluding carboxylic acids is 1. The molecule has 0 saturated carbocycles. The highest BCUT2D eigenvalue weighted by Gasteiger charge is 2.21. The van der Waals surface area contributed by atoms with Crippen molar-refractivity contribution in [3.63, 3.8) is 0 Å². The van der Waals surface area contributed by atoms with Crippen molar-refractivity contribution in [2.75, 3.05) is 12.0 Å². The van der Waals surface area contributed by atoms with Crippen molar-refractivity contribution in [1.29, 1.82) is 0 Å². The van der Waals surface area contributed by atoms with E-state index in [1.165, 1.54) is 0 Å². The number of hydrogen-bond donors (Lipinski definition) is 1. The van der Waals surface area contributed by atoms with Crippen LogP contribution in [0.1, 0.15) is 32.6 Å². The fourth-order valence-corrected chi connectivity index (χ4v) is 3.83. The average Bonchev–Trinajstić information content (AvgIpc) is 2.79. The predicted molar refractivity (Wildman–Crippen MR) is 129 cm³/mol. The van der Waals surface area contributed by atoms with E-state index in [9.17, 15) is 9.59 Å². The van der Waals surface area contributed by atoms with E-state index in [2.05, 4.69) is 4.98 Å². The van der Waals surface area contributed by atoms with Gasteiger partial charge in [-0.15, -0.1) is 0 Å². The second kappa shape index (κ2) is 8.71. The number of aromatic amines is 1. The zero-order valence-electron chi connectivity index (χ0n) is 18.7. The largest absolute Gasteiger partial charge is 0.497 e. The van der Waals surface area contributed by atoms with Gasteiger partial charge < -0.3 is 14.6 Å². The van der Waals surface area contributed by atoms with Gasteiger partial charge in [0.2, 0.25) is 0 Å². The van der Waals surface area contributed by atoms with Gasteiger partial charge in [0.05, 0.1) is 13.7 Å². The lowest BCUT2D eigenvalue weighted by Crippen LogP contribution is -2.33. The van der Waals surface area contributed by atoms with Crippen molar-refractivity contribution in [3.8, 4) is 5.75 Å². The number of H-pyrrole nitrogens is 1.